The van der Waals surface area contributed by atoms with Crippen molar-refractivity contribution in [2.24, 2.45) is 5.92 Å². The molecule has 2 aromatic heterocycles. The first kappa shape index (κ1) is 14.6. The highest BCUT2D eigenvalue weighted by Gasteiger charge is 2.07. The largest absolute Gasteiger partial charge is 0.396 e. The summed E-state index contributed by atoms with van der Waals surface area (Å²) in [4.78, 5) is 15.8. The molecule has 2 N–H and O–H groups in total. The van der Waals surface area contributed by atoms with Gasteiger partial charge in [-0.1, -0.05) is 24.6 Å². The van der Waals surface area contributed by atoms with E-state index in [-0.39, 0.29) is 18.4 Å². The molecule has 20 heavy (non-hydrogen) atoms. The van der Waals surface area contributed by atoms with Crippen molar-refractivity contribution >= 4 is 29.2 Å². The Balaban J connectivity index is 2.09. The van der Waals surface area contributed by atoms with Crippen LogP contribution in [0.3, 0.4) is 0 Å². The number of halogens is 1. The van der Waals surface area contributed by atoms with Crippen LogP contribution in [-0.2, 0) is 4.79 Å². The molecule has 1 amide bonds. The molecule has 0 bridgehead atoms. The fraction of sp³-hybridized carbons (Fsp3) is 0.286. The molecule has 1 unspecified atom stereocenters. The van der Waals surface area contributed by atoms with Gasteiger partial charge in [0.2, 0.25) is 5.91 Å². The van der Waals surface area contributed by atoms with Crippen molar-refractivity contribution < 1.29 is 9.90 Å². The number of imidazole rings is 1. The second-order valence-electron chi connectivity index (χ2n) is 4.58. The Morgan fingerprint density at radius 2 is 2.40 bits per heavy atom. The predicted molar refractivity (Wildman–Crippen MR) is 78.5 cm³/mol. The molecule has 1 atom stereocenters. The fourth-order valence-electron chi connectivity index (χ4n) is 1.69. The Labute approximate surface area is 121 Å². The number of amides is 1. The summed E-state index contributed by atoms with van der Waals surface area (Å²) in [5.41, 5.74) is 1.39. The molecule has 0 saturated carbocycles. The number of aliphatic hydroxyl groups is 1. The number of hydrogen-bond acceptors (Lipinski definition) is 3. The number of nitrogens with one attached hydrogen (secondary N) is 1. The highest BCUT2D eigenvalue weighted by Crippen LogP contribution is 2.18. The summed E-state index contributed by atoms with van der Waals surface area (Å²) in [5, 5.41) is 11.9. The lowest BCUT2D eigenvalue weighted by molar-refractivity contribution is -0.116. The van der Waals surface area contributed by atoms with Crippen LogP contribution in [0.15, 0.2) is 30.5 Å². The first-order valence-electron chi connectivity index (χ1n) is 6.31. The van der Waals surface area contributed by atoms with Gasteiger partial charge in [-0.2, -0.15) is 0 Å². The van der Waals surface area contributed by atoms with E-state index in [0.29, 0.717) is 17.4 Å². The van der Waals surface area contributed by atoms with Crippen molar-refractivity contribution in [1.82, 2.24) is 14.7 Å². The Bertz CT molecular complexity index is 636. The van der Waals surface area contributed by atoms with Gasteiger partial charge in [-0.25, -0.2) is 4.98 Å². The lowest BCUT2D eigenvalue weighted by Crippen LogP contribution is -2.27. The standard InChI is InChI=1S/C14H16ClN3O2/c1-10(9-19)8-16-13(20)6-5-11-14(15)17-12-4-2-3-7-18(11)12/h2-7,10,19H,8-9H2,1H3,(H,16,20)/b6-5+. The zero-order chi connectivity index (χ0) is 14.5. The Morgan fingerprint density at radius 1 is 1.60 bits per heavy atom. The number of rotatable bonds is 5. The second-order valence-corrected chi connectivity index (χ2v) is 4.94. The monoisotopic (exact) mass is 293 g/mol. The topological polar surface area (TPSA) is 66.6 Å². The van der Waals surface area contributed by atoms with Gasteiger partial charge < -0.3 is 10.4 Å². The molecule has 0 spiro atoms. The van der Waals surface area contributed by atoms with Gasteiger partial charge in [0, 0.05) is 25.4 Å². The van der Waals surface area contributed by atoms with E-state index < -0.39 is 0 Å². The van der Waals surface area contributed by atoms with Gasteiger partial charge in [-0.05, 0) is 24.1 Å². The first-order chi connectivity index (χ1) is 9.61. The second kappa shape index (κ2) is 6.54. The number of hydrogen-bond donors (Lipinski definition) is 2. The van der Waals surface area contributed by atoms with Crippen molar-refractivity contribution in [3.05, 3.63) is 41.3 Å². The quantitative estimate of drug-likeness (QED) is 0.825. The van der Waals surface area contributed by atoms with Crippen LogP contribution in [0.5, 0.6) is 0 Å². The first-order valence-corrected chi connectivity index (χ1v) is 6.69. The van der Waals surface area contributed by atoms with Crippen LogP contribution in [0, 0.1) is 5.92 Å². The van der Waals surface area contributed by atoms with E-state index in [1.807, 2.05) is 35.7 Å². The third kappa shape index (κ3) is 3.37. The summed E-state index contributed by atoms with van der Waals surface area (Å²) in [5.74, 6) is -0.195. The maximum atomic E-state index is 11.7. The van der Waals surface area contributed by atoms with Crippen LogP contribution >= 0.6 is 11.6 Å². The zero-order valence-corrected chi connectivity index (χ0v) is 11.8. The number of pyridine rings is 1. The van der Waals surface area contributed by atoms with Crippen molar-refractivity contribution in [3.8, 4) is 0 Å². The van der Waals surface area contributed by atoms with Gasteiger partial charge >= 0.3 is 0 Å². The lowest BCUT2D eigenvalue weighted by Gasteiger charge is -2.07. The average molecular weight is 294 g/mol. The van der Waals surface area contributed by atoms with E-state index in [0.717, 1.165) is 5.65 Å². The van der Waals surface area contributed by atoms with Gasteiger partial charge in [0.25, 0.3) is 0 Å². The number of aromatic nitrogens is 2. The molecule has 0 aliphatic heterocycles. The minimum Gasteiger partial charge on any atom is -0.396 e. The van der Waals surface area contributed by atoms with Gasteiger partial charge in [0.05, 0.1) is 5.69 Å². The number of carbonyl (C=O) groups is 1. The smallest absolute Gasteiger partial charge is 0.244 e. The van der Waals surface area contributed by atoms with Crippen LogP contribution in [-0.4, -0.2) is 33.6 Å². The summed E-state index contributed by atoms with van der Waals surface area (Å²) >= 11 is 6.05. The van der Waals surface area contributed by atoms with E-state index in [1.54, 1.807) is 6.08 Å². The Hall–Kier alpha value is -1.85. The predicted octanol–water partition coefficient (Wildman–Crippen LogP) is 1.75. The maximum absolute atomic E-state index is 11.7. The molecule has 106 valence electrons. The van der Waals surface area contributed by atoms with E-state index in [9.17, 15) is 4.79 Å². The number of aliphatic hydroxyl groups excluding tert-OH is 1. The third-order valence-corrected chi connectivity index (χ3v) is 3.13. The normalized spacial score (nSPS) is 12.9. The van der Waals surface area contributed by atoms with Crippen LogP contribution < -0.4 is 5.32 Å². The van der Waals surface area contributed by atoms with Gasteiger partial charge in [-0.3, -0.25) is 9.20 Å². The van der Waals surface area contributed by atoms with Gasteiger partial charge in [0.15, 0.2) is 5.15 Å². The molecule has 0 aliphatic carbocycles. The highest BCUT2D eigenvalue weighted by molar-refractivity contribution is 6.31. The molecule has 6 heteroatoms. The third-order valence-electron chi connectivity index (χ3n) is 2.85. The Morgan fingerprint density at radius 3 is 3.15 bits per heavy atom. The minimum absolute atomic E-state index is 0.0340. The van der Waals surface area contributed by atoms with Crippen molar-refractivity contribution in [2.75, 3.05) is 13.2 Å². The van der Waals surface area contributed by atoms with E-state index >= 15 is 0 Å². The average Bonchev–Trinajstić information content (AvgIpc) is 2.78. The number of nitrogens with zero attached hydrogens (tertiary/aromatic N) is 2. The lowest BCUT2D eigenvalue weighted by atomic mass is 10.2. The van der Waals surface area contributed by atoms with Crippen molar-refractivity contribution in [3.63, 3.8) is 0 Å². The molecule has 0 fully saturated rings. The van der Waals surface area contributed by atoms with Crippen LogP contribution in [0.2, 0.25) is 5.15 Å². The highest BCUT2D eigenvalue weighted by atomic mass is 35.5. The van der Waals surface area contributed by atoms with E-state index in [1.165, 1.54) is 6.08 Å². The summed E-state index contributed by atoms with van der Waals surface area (Å²) in [7, 11) is 0. The summed E-state index contributed by atoms with van der Waals surface area (Å²) in [6.45, 7) is 2.33. The molecule has 2 heterocycles. The van der Waals surface area contributed by atoms with Crippen molar-refractivity contribution in [1.29, 1.82) is 0 Å². The molecular formula is C14H16ClN3O2. The fourth-order valence-corrected chi connectivity index (χ4v) is 1.93. The van der Waals surface area contributed by atoms with Crippen molar-refractivity contribution in [2.45, 2.75) is 6.92 Å². The molecule has 0 aliphatic rings. The number of carbonyl (C=O) groups excluding carboxylic acids is 1. The van der Waals surface area contributed by atoms with Gasteiger partial charge in [-0.15, -0.1) is 0 Å². The summed E-state index contributed by atoms with van der Waals surface area (Å²) < 4.78 is 1.81. The van der Waals surface area contributed by atoms with Gasteiger partial charge in [0.1, 0.15) is 5.65 Å². The molecule has 2 aromatic rings. The molecule has 0 aromatic carbocycles. The summed E-state index contributed by atoms with van der Waals surface area (Å²) in [6.07, 6.45) is 4.87. The van der Waals surface area contributed by atoms with Crippen LogP contribution in [0.1, 0.15) is 12.6 Å². The molecule has 5 nitrogen and oxygen atoms in total. The van der Waals surface area contributed by atoms with E-state index in [2.05, 4.69) is 10.3 Å². The molecule has 2 rings (SSSR count). The van der Waals surface area contributed by atoms with E-state index in [4.69, 9.17) is 16.7 Å². The maximum Gasteiger partial charge on any atom is 0.244 e. The molecular weight excluding hydrogens is 278 g/mol. The SMILES string of the molecule is CC(CO)CNC(=O)/C=C/c1c(Cl)nc2ccccn12. The molecule has 0 radical (unpaired) electrons. The minimum atomic E-state index is -0.229. The zero-order valence-electron chi connectivity index (χ0n) is 11.1. The van der Waals surface area contributed by atoms with Crippen LogP contribution in [0.4, 0.5) is 0 Å². The van der Waals surface area contributed by atoms with Crippen LogP contribution in [0.25, 0.3) is 11.7 Å². The summed E-state index contributed by atoms with van der Waals surface area (Å²) in [6, 6.07) is 5.58. The molecule has 0 saturated heterocycles. The number of fused-ring (bicyclic) bond motifs is 1. The Kier molecular flexibility index (Phi) is 4.76.